The third-order valence-corrected chi connectivity index (χ3v) is 6.38. The second kappa shape index (κ2) is 10.0. The Morgan fingerprint density at radius 2 is 1.83 bits per heavy atom. The highest BCUT2D eigenvalue weighted by molar-refractivity contribution is 7.89. The van der Waals surface area contributed by atoms with Crippen LogP contribution in [0.5, 0.6) is 11.5 Å². The van der Waals surface area contributed by atoms with Gasteiger partial charge in [-0.3, -0.25) is 15.5 Å². The van der Waals surface area contributed by atoms with Crippen molar-refractivity contribution in [3.63, 3.8) is 0 Å². The van der Waals surface area contributed by atoms with Crippen LogP contribution in [-0.4, -0.2) is 51.2 Å². The third kappa shape index (κ3) is 5.05. The Hall–Kier alpha value is -3.18. The van der Waals surface area contributed by atoms with E-state index in [1.165, 1.54) is 36.9 Å². The standard InChI is InChI=1S/C19H24N4O6S/c1-5-22(6-2)30(26,27)16-8-9-17(18(12-16)23(24)25)21-20-13-14-11-15(28-3)7-10-19(14)29-4/h7-13,21H,5-6H2,1-4H3/b20-13+. The zero-order valence-electron chi connectivity index (χ0n) is 17.2. The van der Waals surface area contributed by atoms with Gasteiger partial charge in [0.2, 0.25) is 10.0 Å². The van der Waals surface area contributed by atoms with Crippen molar-refractivity contribution in [1.82, 2.24) is 4.31 Å². The molecule has 2 aromatic carbocycles. The molecule has 162 valence electrons. The summed E-state index contributed by atoms with van der Waals surface area (Å²) in [6.45, 7) is 3.93. The fourth-order valence-corrected chi connectivity index (χ4v) is 4.22. The zero-order chi connectivity index (χ0) is 22.3. The van der Waals surface area contributed by atoms with Crippen LogP contribution in [-0.2, 0) is 10.0 Å². The van der Waals surface area contributed by atoms with Crippen molar-refractivity contribution >= 4 is 27.6 Å². The number of benzene rings is 2. The van der Waals surface area contributed by atoms with Crippen molar-refractivity contribution in [2.75, 3.05) is 32.7 Å². The Bertz CT molecular complexity index is 1040. The first kappa shape index (κ1) is 23.1. The summed E-state index contributed by atoms with van der Waals surface area (Å²) in [5.41, 5.74) is 2.83. The average molecular weight is 436 g/mol. The molecule has 0 heterocycles. The Morgan fingerprint density at radius 3 is 2.40 bits per heavy atom. The molecule has 0 aliphatic heterocycles. The van der Waals surface area contributed by atoms with Gasteiger partial charge in [-0.2, -0.15) is 9.41 Å². The van der Waals surface area contributed by atoms with Gasteiger partial charge in [0.1, 0.15) is 17.2 Å². The predicted molar refractivity (Wildman–Crippen MR) is 114 cm³/mol. The molecule has 0 radical (unpaired) electrons. The number of nitro benzene ring substituents is 1. The lowest BCUT2D eigenvalue weighted by molar-refractivity contribution is -0.384. The second-order valence-electron chi connectivity index (χ2n) is 6.00. The molecule has 10 nitrogen and oxygen atoms in total. The molecule has 2 aromatic rings. The number of ether oxygens (including phenoxy) is 2. The summed E-state index contributed by atoms with van der Waals surface area (Å²) in [6.07, 6.45) is 1.42. The van der Waals surface area contributed by atoms with Crippen molar-refractivity contribution in [2.24, 2.45) is 5.10 Å². The Labute approximate surface area is 175 Å². The SMILES string of the molecule is CCN(CC)S(=O)(=O)c1ccc(N/N=C/c2cc(OC)ccc2OC)c([N+](=O)[O-])c1. The van der Waals surface area contributed by atoms with Gasteiger partial charge in [0, 0.05) is 24.7 Å². The fraction of sp³-hybridized carbons (Fsp3) is 0.316. The molecule has 0 aliphatic rings. The third-order valence-electron chi connectivity index (χ3n) is 4.33. The van der Waals surface area contributed by atoms with Gasteiger partial charge in [-0.25, -0.2) is 8.42 Å². The smallest absolute Gasteiger partial charge is 0.295 e. The molecule has 0 bridgehead atoms. The number of nitro groups is 1. The molecular weight excluding hydrogens is 412 g/mol. The molecule has 0 spiro atoms. The highest BCUT2D eigenvalue weighted by Gasteiger charge is 2.25. The summed E-state index contributed by atoms with van der Waals surface area (Å²) in [6, 6.07) is 8.77. The van der Waals surface area contributed by atoms with E-state index in [0.717, 1.165) is 6.07 Å². The van der Waals surface area contributed by atoms with Crippen LogP contribution in [0.2, 0.25) is 0 Å². The van der Waals surface area contributed by atoms with Gasteiger partial charge in [-0.15, -0.1) is 0 Å². The Kier molecular flexibility index (Phi) is 7.72. The van der Waals surface area contributed by atoms with E-state index in [2.05, 4.69) is 10.5 Å². The molecule has 0 unspecified atom stereocenters. The molecular formula is C19H24N4O6S. The molecule has 0 saturated carbocycles. The molecule has 0 fully saturated rings. The summed E-state index contributed by atoms with van der Waals surface area (Å²) in [4.78, 5) is 10.7. The van der Waals surface area contributed by atoms with E-state index in [4.69, 9.17) is 9.47 Å². The summed E-state index contributed by atoms with van der Waals surface area (Å²) in [7, 11) is -0.790. The average Bonchev–Trinajstić information content (AvgIpc) is 2.74. The Balaban J connectivity index is 2.35. The van der Waals surface area contributed by atoms with Gasteiger partial charge in [-0.05, 0) is 30.3 Å². The number of nitrogens with one attached hydrogen (secondary N) is 1. The molecule has 0 saturated heterocycles. The molecule has 0 aliphatic carbocycles. The maximum Gasteiger partial charge on any atom is 0.295 e. The van der Waals surface area contributed by atoms with E-state index in [-0.39, 0.29) is 23.7 Å². The van der Waals surface area contributed by atoms with Gasteiger partial charge in [0.15, 0.2) is 0 Å². The fourth-order valence-electron chi connectivity index (χ4n) is 2.74. The summed E-state index contributed by atoms with van der Waals surface area (Å²) in [5.74, 6) is 1.13. The number of nitrogens with zero attached hydrogens (tertiary/aromatic N) is 3. The van der Waals surface area contributed by atoms with Crippen molar-refractivity contribution < 1.29 is 22.8 Å². The van der Waals surface area contributed by atoms with E-state index >= 15 is 0 Å². The molecule has 2 rings (SSSR count). The topological polar surface area (TPSA) is 123 Å². The molecule has 11 heteroatoms. The number of anilines is 1. The largest absolute Gasteiger partial charge is 0.497 e. The second-order valence-corrected chi connectivity index (χ2v) is 7.94. The van der Waals surface area contributed by atoms with E-state index in [1.54, 1.807) is 32.0 Å². The summed E-state index contributed by atoms with van der Waals surface area (Å²) >= 11 is 0. The summed E-state index contributed by atoms with van der Waals surface area (Å²) in [5, 5.41) is 15.5. The minimum absolute atomic E-state index is 0.0524. The first-order valence-electron chi connectivity index (χ1n) is 9.08. The van der Waals surface area contributed by atoms with E-state index in [9.17, 15) is 18.5 Å². The minimum atomic E-state index is -3.82. The van der Waals surface area contributed by atoms with Crippen molar-refractivity contribution in [1.29, 1.82) is 0 Å². The number of rotatable bonds is 10. The number of methoxy groups -OCH3 is 2. The van der Waals surface area contributed by atoms with Crippen LogP contribution in [0.4, 0.5) is 11.4 Å². The van der Waals surface area contributed by atoms with Crippen LogP contribution in [0.15, 0.2) is 46.4 Å². The number of hydrogen-bond acceptors (Lipinski definition) is 8. The van der Waals surface area contributed by atoms with Crippen LogP contribution in [0, 0.1) is 10.1 Å². The van der Waals surface area contributed by atoms with Gasteiger partial charge in [0.05, 0.1) is 30.3 Å². The lowest BCUT2D eigenvalue weighted by Gasteiger charge is -2.18. The van der Waals surface area contributed by atoms with Crippen LogP contribution in [0.1, 0.15) is 19.4 Å². The van der Waals surface area contributed by atoms with E-state index in [0.29, 0.717) is 17.1 Å². The van der Waals surface area contributed by atoms with Crippen molar-refractivity contribution in [2.45, 2.75) is 18.7 Å². The first-order valence-corrected chi connectivity index (χ1v) is 10.5. The lowest BCUT2D eigenvalue weighted by atomic mass is 10.2. The molecule has 0 atom stereocenters. The molecule has 0 amide bonds. The van der Waals surface area contributed by atoms with E-state index in [1.807, 2.05) is 0 Å². The van der Waals surface area contributed by atoms with Crippen LogP contribution in [0.25, 0.3) is 0 Å². The summed E-state index contributed by atoms with van der Waals surface area (Å²) < 4.78 is 36.9. The van der Waals surface area contributed by atoms with E-state index < -0.39 is 20.6 Å². The van der Waals surface area contributed by atoms with Crippen LogP contribution >= 0.6 is 0 Å². The monoisotopic (exact) mass is 436 g/mol. The number of hydrogen-bond donors (Lipinski definition) is 1. The molecule has 0 aromatic heterocycles. The van der Waals surface area contributed by atoms with Crippen molar-refractivity contribution in [3.8, 4) is 11.5 Å². The normalized spacial score (nSPS) is 11.6. The van der Waals surface area contributed by atoms with Crippen molar-refractivity contribution in [3.05, 3.63) is 52.1 Å². The highest BCUT2D eigenvalue weighted by Crippen LogP contribution is 2.29. The van der Waals surface area contributed by atoms with Gasteiger partial charge in [-0.1, -0.05) is 13.8 Å². The van der Waals surface area contributed by atoms with Crippen LogP contribution in [0.3, 0.4) is 0 Å². The van der Waals surface area contributed by atoms with Gasteiger partial charge < -0.3 is 9.47 Å². The number of sulfonamides is 1. The quantitative estimate of drug-likeness (QED) is 0.345. The maximum absolute atomic E-state index is 12.6. The first-order chi connectivity index (χ1) is 14.3. The zero-order valence-corrected chi connectivity index (χ0v) is 18.0. The lowest BCUT2D eigenvalue weighted by Crippen LogP contribution is -2.30. The Morgan fingerprint density at radius 1 is 1.13 bits per heavy atom. The van der Waals surface area contributed by atoms with Crippen LogP contribution < -0.4 is 14.9 Å². The maximum atomic E-state index is 12.6. The molecule has 30 heavy (non-hydrogen) atoms. The van der Waals surface area contributed by atoms with Gasteiger partial charge in [0.25, 0.3) is 5.69 Å². The minimum Gasteiger partial charge on any atom is -0.497 e. The highest BCUT2D eigenvalue weighted by atomic mass is 32.2. The predicted octanol–water partition coefficient (Wildman–Crippen LogP) is 3.09. The van der Waals surface area contributed by atoms with Gasteiger partial charge >= 0.3 is 0 Å². The number of hydrazone groups is 1. The molecule has 1 N–H and O–H groups in total.